The Balaban J connectivity index is 2.77. The van der Waals surface area contributed by atoms with Crippen molar-refractivity contribution in [2.75, 3.05) is 0 Å². The Hall–Kier alpha value is -0.830. The molecule has 0 saturated carbocycles. The number of aromatic nitrogens is 2. The van der Waals surface area contributed by atoms with Crippen LogP contribution in [-0.4, -0.2) is 9.78 Å². The van der Waals surface area contributed by atoms with Gasteiger partial charge in [-0.3, -0.25) is 4.68 Å². The van der Waals surface area contributed by atoms with Crippen molar-refractivity contribution in [2.24, 2.45) is 5.73 Å². The van der Waals surface area contributed by atoms with E-state index in [-0.39, 0.29) is 6.04 Å². The number of hydrogen-bond donors (Lipinski definition) is 1. The lowest BCUT2D eigenvalue weighted by atomic mass is 10.1. The van der Waals surface area contributed by atoms with Gasteiger partial charge in [0.1, 0.15) is 0 Å². The highest BCUT2D eigenvalue weighted by molar-refractivity contribution is 5.27. The molecule has 3 nitrogen and oxygen atoms in total. The zero-order chi connectivity index (χ0) is 11.4. The van der Waals surface area contributed by atoms with Crippen LogP contribution in [0.4, 0.5) is 0 Å². The highest BCUT2D eigenvalue weighted by Gasteiger charge is 2.13. The Bertz CT molecular complexity index is 313. The van der Waals surface area contributed by atoms with Crippen LogP contribution in [0.15, 0.2) is 0 Å². The maximum atomic E-state index is 5.93. The van der Waals surface area contributed by atoms with Crippen LogP contribution in [0, 0.1) is 13.8 Å². The summed E-state index contributed by atoms with van der Waals surface area (Å²) >= 11 is 0. The summed E-state index contributed by atoms with van der Waals surface area (Å²) < 4.78 is 2.10. The molecule has 1 unspecified atom stereocenters. The number of unbranched alkanes of at least 4 members (excludes halogenated alkanes) is 2. The minimum absolute atomic E-state index is 0.0879. The van der Waals surface area contributed by atoms with Crippen molar-refractivity contribution in [1.29, 1.82) is 0 Å². The SMILES string of the molecule is CCCCCn1nc(C)c(C(C)N)c1C. The molecule has 0 amide bonds. The second-order valence-electron chi connectivity index (χ2n) is 4.30. The van der Waals surface area contributed by atoms with Gasteiger partial charge in [-0.15, -0.1) is 0 Å². The molecule has 3 heteroatoms. The summed E-state index contributed by atoms with van der Waals surface area (Å²) in [6, 6.07) is 0.0879. The van der Waals surface area contributed by atoms with Gasteiger partial charge >= 0.3 is 0 Å². The van der Waals surface area contributed by atoms with Gasteiger partial charge in [0.05, 0.1) is 5.69 Å². The van der Waals surface area contributed by atoms with E-state index >= 15 is 0 Å². The number of rotatable bonds is 5. The van der Waals surface area contributed by atoms with Gasteiger partial charge in [-0.25, -0.2) is 0 Å². The summed E-state index contributed by atoms with van der Waals surface area (Å²) in [7, 11) is 0. The number of nitrogens with two attached hydrogens (primary N) is 1. The van der Waals surface area contributed by atoms with Gasteiger partial charge in [-0.2, -0.15) is 5.10 Å². The van der Waals surface area contributed by atoms with E-state index in [1.165, 1.54) is 30.5 Å². The van der Waals surface area contributed by atoms with Crippen LogP contribution in [-0.2, 0) is 6.54 Å². The van der Waals surface area contributed by atoms with Crippen LogP contribution in [0.3, 0.4) is 0 Å². The molecule has 1 aromatic rings. The van der Waals surface area contributed by atoms with Gasteiger partial charge in [0.15, 0.2) is 0 Å². The fraction of sp³-hybridized carbons (Fsp3) is 0.750. The Kier molecular flexibility index (Phi) is 4.33. The summed E-state index contributed by atoms with van der Waals surface area (Å²) in [6.07, 6.45) is 3.72. The van der Waals surface area contributed by atoms with Crippen LogP contribution in [0.2, 0.25) is 0 Å². The Morgan fingerprint density at radius 2 is 2.00 bits per heavy atom. The standard InChI is InChI=1S/C12H23N3/c1-5-6-7-8-15-11(4)12(9(2)13)10(3)14-15/h9H,5-8,13H2,1-4H3. The van der Waals surface area contributed by atoms with E-state index in [9.17, 15) is 0 Å². The van der Waals surface area contributed by atoms with E-state index in [0.29, 0.717) is 0 Å². The summed E-state index contributed by atoms with van der Waals surface area (Å²) in [4.78, 5) is 0. The lowest BCUT2D eigenvalue weighted by Gasteiger charge is -2.07. The van der Waals surface area contributed by atoms with Gasteiger partial charge in [-0.05, 0) is 27.2 Å². The van der Waals surface area contributed by atoms with E-state index < -0.39 is 0 Å². The molecule has 0 radical (unpaired) electrons. The first-order chi connectivity index (χ1) is 7.07. The minimum Gasteiger partial charge on any atom is -0.324 e. The van der Waals surface area contributed by atoms with E-state index in [1.54, 1.807) is 0 Å². The predicted octanol–water partition coefficient (Wildman–Crippen LogP) is 2.71. The van der Waals surface area contributed by atoms with Crippen LogP contribution >= 0.6 is 0 Å². The minimum atomic E-state index is 0.0879. The molecule has 0 spiro atoms. The molecular formula is C12H23N3. The average Bonchev–Trinajstić information content (AvgIpc) is 2.42. The first-order valence-corrected chi connectivity index (χ1v) is 5.87. The zero-order valence-corrected chi connectivity index (χ0v) is 10.4. The Labute approximate surface area is 92.7 Å². The van der Waals surface area contributed by atoms with Crippen molar-refractivity contribution in [3.05, 3.63) is 17.0 Å². The van der Waals surface area contributed by atoms with Crippen molar-refractivity contribution < 1.29 is 0 Å². The van der Waals surface area contributed by atoms with Crippen molar-refractivity contribution in [3.8, 4) is 0 Å². The summed E-state index contributed by atoms with van der Waals surface area (Å²) in [6.45, 7) is 9.42. The summed E-state index contributed by atoms with van der Waals surface area (Å²) in [5.41, 5.74) is 9.46. The van der Waals surface area contributed by atoms with Crippen LogP contribution < -0.4 is 5.73 Å². The molecule has 2 N–H and O–H groups in total. The maximum absolute atomic E-state index is 5.93. The number of nitrogens with zero attached hydrogens (tertiary/aromatic N) is 2. The largest absolute Gasteiger partial charge is 0.324 e. The third-order valence-corrected chi connectivity index (χ3v) is 2.87. The average molecular weight is 209 g/mol. The lowest BCUT2D eigenvalue weighted by Crippen LogP contribution is -2.08. The van der Waals surface area contributed by atoms with Crippen molar-refractivity contribution in [2.45, 2.75) is 59.5 Å². The fourth-order valence-electron chi connectivity index (χ4n) is 2.10. The van der Waals surface area contributed by atoms with Crippen LogP contribution in [0.5, 0.6) is 0 Å². The van der Waals surface area contributed by atoms with Crippen molar-refractivity contribution >= 4 is 0 Å². The third-order valence-electron chi connectivity index (χ3n) is 2.87. The second kappa shape index (κ2) is 5.31. The molecule has 0 aliphatic rings. The smallest absolute Gasteiger partial charge is 0.0644 e. The highest BCUT2D eigenvalue weighted by Crippen LogP contribution is 2.19. The molecule has 0 aliphatic heterocycles. The number of hydrogen-bond acceptors (Lipinski definition) is 2. The molecule has 0 aliphatic carbocycles. The van der Waals surface area contributed by atoms with E-state index in [4.69, 9.17) is 5.73 Å². The molecule has 15 heavy (non-hydrogen) atoms. The summed E-state index contributed by atoms with van der Waals surface area (Å²) in [5.74, 6) is 0. The molecule has 0 fully saturated rings. The Morgan fingerprint density at radius 1 is 1.33 bits per heavy atom. The van der Waals surface area contributed by atoms with Gasteiger partial charge in [0.25, 0.3) is 0 Å². The highest BCUT2D eigenvalue weighted by atomic mass is 15.3. The van der Waals surface area contributed by atoms with E-state index in [1.807, 2.05) is 13.8 Å². The van der Waals surface area contributed by atoms with Crippen LogP contribution in [0.1, 0.15) is 56.1 Å². The second-order valence-corrected chi connectivity index (χ2v) is 4.30. The molecule has 1 atom stereocenters. The molecule has 1 rings (SSSR count). The topological polar surface area (TPSA) is 43.8 Å². The van der Waals surface area contributed by atoms with Gasteiger partial charge in [-0.1, -0.05) is 19.8 Å². The third kappa shape index (κ3) is 2.81. The molecular weight excluding hydrogens is 186 g/mol. The molecule has 0 saturated heterocycles. The molecule has 1 aromatic heterocycles. The van der Waals surface area contributed by atoms with E-state index in [0.717, 1.165) is 12.2 Å². The van der Waals surface area contributed by atoms with Crippen molar-refractivity contribution in [3.63, 3.8) is 0 Å². The molecule has 0 bridgehead atoms. The van der Waals surface area contributed by atoms with Crippen molar-refractivity contribution in [1.82, 2.24) is 9.78 Å². The molecule has 86 valence electrons. The molecule has 1 heterocycles. The van der Waals surface area contributed by atoms with Gasteiger partial charge < -0.3 is 5.73 Å². The lowest BCUT2D eigenvalue weighted by molar-refractivity contribution is 0.539. The predicted molar refractivity (Wildman–Crippen MR) is 63.8 cm³/mol. The maximum Gasteiger partial charge on any atom is 0.0644 e. The normalized spacial score (nSPS) is 13.1. The van der Waals surface area contributed by atoms with Gasteiger partial charge in [0.2, 0.25) is 0 Å². The zero-order valence-electron chi connectivity index (χ0n) is 10.4. The van der Waals surface area contributed by atoms with Gasteiger partial charge in [0, 0.05) is 23.8 Å². The van der Waals surface area contributed by atoms with E-state index in [2.05, 4.69) is 23.6 Å². The number of aryl methyl sites for hydroxylation is 2. The van der Waals surface area contributed by atoms with Crippen LogP contribution in [0.25, 0.3) is 0 Å². The molecule has 0 aromatic carbocycles. The first-order valence-electron chi connectivity index (χ1n) is 5.87. The summed E-state index contributed by atoms with van der Waals surface area (Å²) in [5, 5.41) is 4.54. The first kappa shape index (κ1) is 12.2. The monoisotopic (exact) mass is 209 g/mol. The quantitative estimate of drug-likeness (QED) is 0.758. The fourth-order valence-corrected chi connectivity index (χ4v) is 2.10. The Morgan fingerprint density at radius 3 is 2.47 bits per heavy atom.